The van der Waals surface area contributed by atoms with Crippen molar-refractivity contribution in [2.24, 2.45) is 0 Å². The first-order valence-electron chi connectivity index (χ1n) is 10.1. The Morgan fingerprint density at radius 3 is 1.61 bits per heavy atom. The molecular formula is C22H22F6IO3S-. The van der Waals surface area contributed by atoms with Gasteiger partial charge in [0.1, 0.15) is 12.9 Å². The van der Waals surface area contributed by atoms with Gasteiger partial charge in [0.15, 0.2) is 0 Å². The Hall–Kier alpha value is -1.34. The van der Waals surface area contributed by atoms with E-state index in [4.69, 9.17) is 0 Å². The first-order chi connectivity index (χ1) is 15.1. The van der Waals surface area contributed by atoms with Gasteiger partial charge in [-0.2, -0.15) is 26.3 Å². The summed E-state index contributed by atoms with van der Waals surface area (Å²) in [4.78, 5) is 0. The van der Waals surface area contributed by atoms with E-state index in [9.17, 15) is 39.3 Å². The van der Waals surface area contributed by atoms with E-state index in [-0.39, 0.29) is 17.5 Å². The number of alkyl halides is 7. The molecule has 0 radical (unpaired) electrons. The van der Waals surface area contributed by atoms with Crippen molar-refractivity contribution < 1.29 is 39.3 Å². The molecule has 2 aromatic carbocycles. The summed E-state index contributed by atoms with van der Waals surface area (Å²) in [5, 5.41) is 0. The maximum absolute atomic E-state index is 13.0. The number of rotatable bonds is 9. The van der Waals surface area contributed by atoms with Crippen LogP contribution < -0.4 is 0 Å². The van der Waals surface area contributed by atoms with Crippen LogP contribution >= 0.6 is 22.6 Å². The molecule has 0 amide bonds. The monoisotopic (exact) mass is 607 g/mol. The van der Waals surface area contributed by atoms with Crippen LogP contribution in [0.2, 0.25) is 0 Å². The minimum Gasteiger partial charge on any atom is -0.747 e. The van der Waals surface area contributed by atoms with Crippen LogP contribution in [0.4, 0.5) is 26.3 Å². The molecule has 0 spiro atoms. The van der Waals surface area contributed by atoms with Gasteiger partial charge in [-0.15, -0.1) is 0 Å². The molecule has 0 saturated carbocycles. The lowest BCUT2D eigenvalue weighted by Crippen LogP contribution is -2.36. The van der Waals surface area contributed by atoms with E-state index in [1.807, 2.05) is 6.92 Å². The van der Waals surface area contributed by atoms with Crippen LogP contribution in [0.15, 0.2) is 48.5 Å². The van der Waals surface area contributed by atoms with Crippen LogP contribution in [0.1, 0.15) is 67.2 Å². The first kappa shape index (κ1) is 27.9. The van der Waals surface area contributed by atoms with Gasteiger partial charge in [0.25, 0.3) is 0 Å². The quantitative estimate of drug-likeness (QED) is 0.0970. The second-order valence-electron chi connectivity index (χ2n) is 7.70. The Balaban J connectivity index is 2.61. The summed E-state index contributed by atoms with van der Waals surface area (Å²) in [5.41, 5.74) is -1.92. The molecule has 11 heteroatoms. The van der Waals surface area contributed by atoms with E-state index >= 15 is 0 Å². The molecule has 0 N–H and O–H groups in total. The van der Waals surface area contributed by atoms with Crippen molar-refractivity contribution in [2.45, 2.75) is 60.1 Å². The number of benzene rings is 2. The lowest BCUT2D eigenvalue weighted by molar-refractivity contribution is -0.138. The molecule has 2 aromatic rings. The third kappa shape index (κ3) is 6.62. The van der Waals surface area contributed by atoms with Crippen LogP contribution in [-0.4, -0.2) is 13.0 Å². The zero-order valence-electron chi connectivity index (χ0n) is 17.5. The molecule has 0 fully saturated rings. The fourth-order valence-electron chi connectivity index (χ4n) is 3.65. The summed E-state index contributed by atoms with van der Waals surface area (Å²) < 4.78 is 113. The molecule has 2 rings (SSSR count). The highest BCUT2D eigenvalue weighted by Crippen LogP contribution is 2.51. The molecule has 0 aliphatic rings. The van der Waals surface area contributed by atoms with Gasteiger partial charge in [0, 0.05) is 5.92 Å². The van der Waals surface area contributed by atoms with E-state index in [2.05, 4.69) is 0 Å². The summed E-state index contributed by atoms with van der Waals surface area (Å²) in [6, 6.07) is 7.10. The maximum atomic E-state index is 13.0. The van der Waals surface area contributed by atoms with Crippen molar-refractivity contribution >= 4 is 32.7 Å². The van der Waals surface area contributed by atoms with Crippen molar-refractivity contribution in [1.82, 2.24) is 0 Å². The lowest BCUT2D eigenvalue weighted by atomic mass is 9.86. The number of hydrogen-bond donors (Lipinski definition) is 0. The molecule has 3 nitrogen and oxygen atoms in total. The topological polar surface area (TPSA) is 57.2 Å². The summed E-state index contributed by atoms with van der Waals surface area (Å²) in [6.07, 6.45) is -6.22. The van der Waals surface area contributed by atoms with Gasteiger partial charge in [0.05, 0.1) is 11.1 Å². The molecule has 0 saturated heterocycles. The summed E-state index contributed by atoms with van der Waals surface area (Å²) in [6.45, 7) is 1.96. The van der Waals surface area contributed by atoms with E-state index < -0.39 is 42.3 Å². The predicted molar refractivity (Wildman–Crippen MR) is 120 cm³/mol. The molecule has 184 valence electrons. The van der Waals surface area contributed by atoms with E-state index in [0.717, 1.165) is 49.2 Å². The Morgan fingerprint density at radius 1 is 0.788 bits per heavy atom. The van der Waals surface area contributed by atoms with Crippen molar-refractivity contribution in [3.8, 4) is 0 Å². The smallest absolute Gasteiger partial charge is 0.416 e. The molecule has 0 heterocycles. The predicted octanol–water partition coefficient (Wildman–Crippen LogP) is 7.61. The molecule has 2 unspecified atom stereocenters. The van der Waals surface area contributed by atoms with Gasteiger partial charge >= 0.3 is 12.4 Å². The van der Waals surface area contributed by atoms with Gasteiger partial charge in [-0.25, -0.2) is 8.42 Å². The lowest BCUT2D eigenvalue weighted by Gasteiger charge is -2.39. The van der Waals surface area contributed by atoms with Gasteiger partial charge in [-0.1, -0.05) is 79.5 Å². The summed E-state index contributed by atoms with van der Waals surface area (Å²) in [7, 11) is -5.16. The third-order valence-corrected chi connectivity index (χ3v) is 9.65. The SMILES string of the molecule is CCCCCCC(c1ccc(C(F)(F)F)cc1)C(I)(c1ccc(C(F)(F)F)cc1)S(=O)(=O)[O-]. The fraction of sp³-hybridized carbons (Fsp3) is 0.455. The van der Waals surface area contributed by atoms with Crippen LogP contribution in [0.25, 0.3) is 0 Å². The molecule has 2 atom stereocenters. The average molecular weight is 607 g/mol. The van der Waals surface area contributed by atoms with E-state index in [1.165, 1.54) is 22.6 Å². The number of hydrogen-bond acceptors (Lipinski definition) is 3. The minimum atomic E-state index is -5.16. The Bertz CT molecular complexity index is 1020. The molecular weight excluding hydrogens is 585 g/mol. The molecule has 33 heavy (non-hydrogen) atoms. The standard InChI is InChI=1S/C22H23F6IO3S/c1-2-3-4-5-6-19(15-7-9-17(10-8-15)21(23,24)25)20(29,33(30,31)32)16-11-13-18(14-12-16)22(26,27)28/h7-14,19H,2-6H2,1H3,(H,30,31,32)/p-1. The summed E-state index contributed by atoms with van der Waals surface area (Å²) >= 11 is 1.43. The van der Waals surface area contributed by atoms with Gasteiger partial charge < -0.3 is 4.55 Å². The minimum absolute atomic E-state index is 0.150. The zero-order chi connectivity index (χ0) is 25.1. The van der Waals surface area contributed by atoms with Gasteiger partial charge in [-0.3, -0.25) is 0 Å². The van der Waals surface area contributed by atoms with Crippen molar-refractivity contribution in [1.29, 1.82) is 0 Å². The van der Waals surface area contributed by atoms with E-state index in [1.54, 1.807) is 0 Å². The first-order valence-corrected chi connectivity index (χ1v) is 12.6. The molecule has 0 aliphatic carbocycles. The maximum Gasteiger partial charge on any atom is 0.416 e. The van der Waals surface area contributed by atoms with Gasteiger partial charge in [-0.05, 0) is 41.8 Å². The van der Waals surface area contributed by atoms with Crippen LogP contribution in [0, 0.1) is 0 Å². The zero-order valence-corrected chi connectivity index (χ0v) is 20.5. The Labute approximate surface area is 202 Å². The van der Waals surface area contributed by atoms with Crippen LogP contribution in [0.5, 0.6) is 0 Å². The fourth-order valence-corrected chi connectivity index (χ4v) is 5.71. The largest absolute Gasteiger partial charge is 0.747 e. The highest BCUT2D eigenvalue weighted by atomic mass is 127. The van der Waals surface area contributed by atoms with Crippen LogP contribution in [-0.2, 0) is 25.2 Å². The molecule has 0 aromatic heterocycles. The van der Waals surface area contributed by atoms with Crippen molar-refractivity contribution in [3.05, 3.63) is 70.8 Å². The van der Waals surface area contributed by atoms with E-state index in [0.29, 0.717) is 25.0 Å². The van der Waals surface area contributed by atoms with Crippen LogP contribution in [0.3, 0.4) is 0 Å². The summed E-state index contributed by atoms with van der Waals surface area (Å²) in [5.74, 6) is -1.07. The molecule has 0 bridgehead atoms. The Kier molecular flexibility index (Phi) is 8.89. The second kappa shape index (κ2) is 10.5. The molecule has 0 aliphatic heterocycles. The second-order valence-corrected chi connectivity index (χ2v) is 11.7. The highest BCUT2D eigenvalue weighted by molar-refractivity contribution is 14.1. The average Bonchev–Trinajstić information content (AvgIpc) is 2.71. The normalized spacial score (nSPS) is 15.8. The number of halogens is 7. The van der Waals surface area contributed by atoms with Crippen molar-refractivity contribution in [2.75, 3.05) is 0 Å². The third-order valence-electron chi connectivity index (χ3n) is 5.40. The van der Waals surface area contributed by atoms with Gasteiger partial charge in [0.2, 0.25) is 0 Å². The Morgan fingerprint density at radius 2 is 1.21 bits per heavy atom. The van der Waals surface area contributed by atoms with Crippen molar-refractivity contribution in [3.63, 3.8) is 0 Å². The highest BCUT2D eigenvalue weighted by Gasteiger charge is 2.45. The number of unbranched alkanes of at least 4 members (excludes halogenated alkanes) is 3.